The van der Waals surface area contributed by atoms with Crippen molar-refractivity contribution in [1.82, 2.24) is 15.0 Å². The SMILES string of the molecule is NCc1cccc(-c2cnc(N)c(-c3nc4cnccc4o3)c2)c1. The molecule has 3 aromatic heterocycles. The maximum atomic E-state index is 6.03. The van der Waals surface area contributed by atoms with Crippen LogP contribution in [0.2, 0.25) is 0 Å². The quantitative estimate of drug-likeness (QED) is 0.602. The minimum Gasteiger partial charge on any atom is -0.436 e. The lowest BCUT2D eigenvalue weighted by Crippen LogP contribution is -1.97. The molecule has 24 heavy (non-hydrogen) atoms. The molecule has 0 radical (unpaired) electrons. The van der Waals surface area contributed by atoms with Gasteiger partial charge in [0.05, 0.1) is 11.8 Å². The molecule has 0 aliphatic carbocycles. The Morgan fingerprint density at radius 2 is 1.96 bits per heavy atom. The topological polar surface area (TPSA) is 104 Å². The number of nitrogens with two attached hydrogens (primary N) is 2. The zero-order chi connectivity index (χ0) is 16.5. The Morgan fingerprint density at radius 1 is 1.04 bits per heavy atom. The third-order valence-corrected chi connectivity index (χ3v) is 3.83. The van der Waals surface area contributed by atoms with E-state index < -0.39 is 0 Å². The largest absolute Gasteiger partial charge is 0.436 e. The van der Waals surface area contributed by atoms with Gasteiger partial charge in [-0.3, -0.25) is 4.98 Å². The summed E-state index contributed by atoms with van der Waals surface area (Å²) in [4.78, 5) is 12.8. The van der Waals surface area contributed by atoms with Crippen molar-refractivity contribution in [3.63, 3.8) is 0 Å². The Balaban J connectivity index is 1.83. The Morgan fingerprint density at radius 3 is 2.79 bits per heavy atom. The predicted octanol–water partition coefficient (Wildman–Crippen LogP) is 2.99. The Labute approximate surface area is 138 Å². The predicted molar refractivity (Wildman–Crippen MR) is 92.8 cm³/mol. The molecule has 0 fully saturated rings. The van der Waals surface area contributed by atoms with Crippen molar-refractivity contribution in [2.75, 3.05) is 5.73 Å². The van der Waals surface area contributed by atoms with Crippen molar-refractivity contribution in [2.45, 2.75) is 6.54 Å². The summed E-state index contributed by atoms with van der Waals surface area (Å²) in [5, 5.41) is 0. The minimum atomic E-state index is 0.369. The van der Waals surface area contributed by atoms with Crippen molar-refractivity contribution in [3.05, 3.63) is 60.6 Å². The van der Waals surface area contributed by atoms with Crippen LogP contribution in [-0.4, -0.2) is 15.0 Å². The zero-order valence-corrected chi connectivity index (χ0v) is 12.8. The number of pyridine rings is 2. The lowest BCUT2D eigenvalue weighted by Gasteiger charge is -2.07. The van der Waals surface area contributed by atoms with Crippen molar-refractivity contribution in [1.29, 1.82) is 0 Å². The third-order valence-electron chi connectivity index (χ3n) is 3.83. The summed E-state index contributed by atoms with van der Waals surface area (Å²) in [7, 11) is 0. The molecule has 3 heterocycles. The second kappa shape index (κ2) is 5.75. The fraction of sp³-hybridized carbons (Fsp3) is 0.0556. The van der Waals surface area contributed by atoms with E-state index in [1.54, 1.807) is 24.7 Å². The molecule has 0 atom stereocenters. The Kier molecular flexibility index (Phi) is 3.44. The van der Waals surface area contributed by atoms with E-state index in [2.05, 4.69) is 15.0 Å². The van der Waals surface area contributed by atoms with Crippen LogP contribution in [0.5, 0.6) is 0 Å². The summed E-state index contributed by atoms with van der Waals surface area (Å²) in [6.07, 6.45) is 5.05. The molecule has 0 bridgehead atoms. The molecule has 1 aromatic carbocycles. The summed E-state index contributed by atoms with van der Waals surface area (Å²) < 4.78 is 5.78. The van der Waals surface area contributed by atoms with E-state index in [1.807, 2.05) is 30.3 Å². The summed E-state index contributed by atoms with van der Waals surface area (Å²) in [5.41, 5.74) is 16.7. The zero-order valence-electron chi connectivity index (χ0n) is 12.8. The van der Waals surface area contributed by atoms with E-state index in [0.717, 1.165) is 16.7 Å². The number of benzene rings is 1. The van der Waals surface area contributed by atoms with Crippen LogP contribution >= 0.6 is 0 Å². The number of hydrogen-bond acceptors (Lipinski definition) is 6. The van der Waals surface area contributed by atoms with Gasteiger partial charge in [0.1, 0.15) is 11.3 Å². The maximum Gasteiger partial charge on any atom is 0.231 e. The van der Waals surface area contributed by atoms with Gasteiger partial charge in [0.25, 0.3) is 0 Å². The van der Waals surface area contributed by atoms with Crippen LogP contribution in [0.1, 0.15) is 5.56 Å². The highest BCUT2D eigenvalue weighted by molar-refractivity contribution is 5.80. The lowest BCUT2D eigenvalue weighted by atomic mass is 10.0. The van der Waals surface area contributed by atoms with E-state index in [0.29, 0.717) is 34.9 Å². The van der Waals surface area contributed by atoms with Gasteiger partial charge in [-0.1, -0.05) is 18.2 Å². The van der Waals surface area contributed by atoms with Gasteiger partial charge in [-0.25, -0.2) is 9.97 Å². The van der Waals surface area contributed by atoms with E-state index in [9.17, 15) is 0 Å². The van der Waals surface area contributed by atoms with Crippen molar-refractivity contribution < 1.29 is 4.42 Å². The average molecular weight is 317 g/mol. The van der Waals surface area contributed by atoms with Gasteiger partial charge < -0.3 is 15.9 Å². The molecule has 0 amide bonds. The van der Waals surface area contributed by atoms with Gasteiger partial charge in [-0.05, 0) is 23.3 Å². The molecule has 118 valence electrons. The smallest absolute Gasteiger partial charge is 0.231 e. The first-order valence-corrected chi connectivity index (χ1v) is 7.50. The molecular formula is C18H15N5O. The first-order chi connectivity index (χ1) is 11.7. The van der Waals surface area contributed by atoms with Crippen molar-refractivity contribution in [2.24, 2.45) is 5.73 Å². The number of nitrogen functional groups attached to an aromatic ring is 1. The molecular weight excluding hydrogens is 302 g/mol. The maximum absolute atomic E-state index is 6.03. The monoisotopic (exact) mass is 317 g/mol. The van der Waals surface area contributed by atoms with Gasteiger partial charge in [-0.15, -0.1) is 0 Å². The van der Waals surface area contributed by atoms with Gasteiger partial charge in [-0.2, -0.15) is 0 Å². The van der Waals surface area contributed by atoms with Crippen LogP contribution in [0.3, 0.4) is 0 Å². The van der Waals surface area contributed by atoms with Crippen LogP contribution in [0, 0.1) is 0 Å². The van der Waals surface area contributed by atoms with Crippen molar-refractivity contribution in [3.8, 4) is 22.6 Å². The molecule has 0 aliphatic rings. The average Bonchev–Trinajstić information content (AvgIpc) is 3.06. The van der Waals surface area contributed by atoms with Crippen LogP contribution in [0.4, 0.5) is 5.82 Å². The first kappa shape index (κ1) is 14.3. The molecule has 0 aliphatic heterocycles. The standard InChI is InChI=1S/C18H15N5O/c19-8-11-2-1-3-12(6-11)13-7-14(17(20)22-9-13)18-23-15-10-21-5-4-16(15)24-18/h1-7,9-10H,8,19H2,(H2,20,22). The van der Waals surface area contributed by atoms with Crippen LogP contribution in [0.25, 0.3) is 33.7 Å². The second-order valence-corrected chi connectivity index (χ2v) is 5.42. The summed E-state index contributed by atoms with van der Waals surface area (Å²) in [5.74, 6) is 0.799. The highest BCUT2D eigenvalue weighted by Gasteiger charge is 2.13. The molecule has 6 heteroatoms. The molecule has 4 rings (SSSR count). The Hall–Kier alpha value is -3.25. The summed E-state index contributed by atoms with van der Waals surface area (Å²) in [6, 6.07) is 11.7. The van der Waals surface area contributed by atoms with Crippen LogP contribution in [0.15, 0.2) is 59.4 Å². The summed E-state index contributed by atoms with van der Waals surface area (Å²) in [6.45, 7) is 0.487. The van der Waals surface area contributed by atoms with Crippen LogP contribution in [-0.2, 0) is 6.54 Å². The number of fused-ring (bicyclic) bond motifs is 1. The Bertz CT molecular complexity index is 992. The van der Waals surface area contributed by atoms with E-state index >= 15 is 0 Å². The number of anilines is 1. The minimum absolute atomic E-state index is 0.369. The summed E-state index contributed by atoms with van der Waals surface area (Å²) >= 11 is 0. The fourth-order valence-corrected chi connectivity index (χ4v) is 2.58. The molecule has 6 nitrogen and oxygen atoms in total. The van der Waals surface area contributed by atoms with Crippen molar-refractivity contribution >= 4 is 16.9 Å². The highest BCUT2D eigenvalue weighted by Crippen LogP contribution is 2.31. The normalized spacial score (nSPS) is 11.0. The van der Waals surface area contributed by atoms with E-state index in [1.165, 1.54) is 0 Å². The number of rotatable bonds is 3. The van der Waals surface area contributed by atoms with Crippen LogP contribution < -0.4 is 11.5 Å². The number of hydrogen-bond donors (Lipinski definition) is 2. The fourth-order valence-electron chi connectivity index (χ4n) is 2.58. The lowest BCUT2D eigenvalue weighted by molar-refractivity contribution is 0.619. The molecule has 0 saturated carbocycles. The highest BCUT2D eigenvalue weighted by atomic mass is 16.3. The third kappa shape index (κ3) is 2.49. The first-order valence-electron chi connectivity index (χ1n) is 7.50. The van der Waals surface area contributed by atoms with Gasteiger partial charge in [0.2, 0.25) is 5.89 Å². The number of aromatic nitrogens is 3. The number of oxazole rings is 1. The van der Waals surface area contributed by atoms with E-state index in [-0.39, 0.29) is 0 Å². The molecule has 0 saturated heterocycles. The van der Waals surface area contributed by atoms with Gasteiger partial charge in [0.15, 0.2) is 5.58 Å². The van der Waals surface area contributed by atoms with E-state index in [4.69, 9.17) is 15.9 Å². The number of nitrogens with zero attached hydrogens (tertiary/aromatic N) is 3. The molecule has 4 N–H and O–H groups in total. The van der Waals surface area contributed by atoms with Gasteiger partial charge >= 0.3 is 0 Å². The van der Waals surface area contributed by atoms with Gasteiger partial charge in [0, 0.05) is 30.6 Å². The molecule has 0 spiro atoms. The second-order valence-electron chi connectivity index (χ2n) is 5.42. The molecule has 0 unspecified atom stereocenters. The molecule has 4 aromatic rings.